The van der Waals surface area contributed by atoms with Crippen molar-refractivity contribution in [1.82, 2.24) is 4.98 Å². The zero-order chi connectivity index (χ0) is 12.1. The summed E-state index contributed by atoms with van der Waals surface area (Å²) in [5.74, 6) is 0.529. The van der Waals surface area contributed by atoms with E-state index in [1.807, 2.05) is 6.07 Å². The number of benzene rings is 1. The predicted octanol–water partition coefficient (Wildman–Crippen LogP) is 2.31. The Labute approximate surface area is 98.8 Å². The van der Waals surface area contributed by atoms with Crippen LogP contribution in [-0.4, -0.2) is 18.1 Å². The Balaban J connectivity index is 2.09. The number of rotatable bonds is 3. The molecular weight excluding hydrogens is 218 g/mol. The number of pyridine rings is 1. The number of nitrogens with zero attached hydrogens (tertiary/aromatic N) is 1. The molecule has 0 N–H and O–H groups in total. The van der Waals surface area contributed by atoms with Crippen LogP contribution in [0.25, 0.3) is 0 Å². The van der Waals surface area contributed by atoms with Crippen LogP contribution in [-0.2, 0) is 0 Å². The van der Waals surface area contributed by atoms with Crippen LogP contribution in [0.4, 0.5) is 0 Å². The van der Waals surface area contributed by atoms with E-state index < -0.39 is 5.97 Å². The zero-order valence-electron chi connectivity index (χ0n) is 9.29. The summed E-state index contributed by atoms with van der Waals surface area (Å²) in [6, 6.07) is 12.1. The molecule has 1 aromatic carbocycles. The summed E-state index contributed by atoms with van der Waals surface area (Å²) >= 11 is 0. The second kappa shape index (κ2) is 5.12. The fourth-order valence-corrected chi connectivity index (χ4v) is 1.28. The van der Waals surface area contributed by atoms with E-state index in [0.29, 0.717) is 17.2 Å². The van der Waals surface area contributed by atoms with Gasteiger partial charge in [0.25, 0.3) is 0 Å². The smallest absolute Gasteiger partial charge is 0.345 e. The molecule has 0 radical (unpaired) electrons. The van der Waals surface area contributed by atoms with E-state index in [9.17, 15) is 4.79 Å². The molecule has 17 heavy (non-hydrogen) atoms. The van der Waals surface area contributed by atoms with Crippen molar-refractivity contribution in [2.45, 2.75) is 0 Å². The van der Waals surface area contributed by atoms with E-state index in [-0.39, 0.29) is 0 Å². The monoisotopic (exact) mass is 229 g/mol. The molecule has 0 aliphatic rings. The van der Waals surface area contributed by atoms with Crippen LogP contribution >= 0.6 is 0 Å². The summed E-state index contributed by atoms with van der Waals surface area (Å²) in [4.78, 5) is 15.6. The van der Waals surface area contributed by atoms with E-state index in [4.69, 9.17) is 9.47 Å². The van der Waals surface area contributed by atoms with Gasteiger partial charge in [-0.2, -0.15) is 0 Å². The second-order valence-electron chi connectivity index (χ2n) is 3.29. The molecule has 4 nitrogen and oxygen atoms in total. The first-order chi connectivity index (χ1) is 8.29. The fourth-order valence-electron chi connectivity index (χ4n) is 1.28. The minimum absolute atomic E-state index is 0.384. The minimum Gasteiger partial charge on any atom is -0.481 e. The molecule has 0 unspecified atom stereocenters. The van der Waals surface area contributed by atoms with Crippen molar-refractivity contribution >= 4 is 5.97 Å². The third-order valence-corrected chi connectivity index (χ3v) is 2.13. The Bertz CT molecular complexity index is 494. The maximum absolute atomic E-state index is 11.7. The molecule has 0 saturated carbocycles. The van der Waals surface area contributed by atoms with Crippen molar-refractivity contribution in [2.75, 3.05) is 7.11 Å². The summed E-state index contributed by atoms with van der Waals surface area (Å²) in [6.45, 7) is 0. The van der Waals surface area contributed by atoms with Gasteiger partial charge in [0.15, 0.2) is 0 Å². The highest BCUT2D eigenvalue weighted by molar-refractivity contribution is 5.90. The maximum Gasteiger partial charge on any atom is 0.345 e. The number of para-hydroxylation sites is 1. The average molecular weight is 229 g/mol. The predicted molar refractivity (Wildman–Crippen MR) is 62.2 cm³/mol. The van der Waals surface area contributed by atoms with Crippen LogP contribution in [0.5, 0.6) is 11.6 Å². The molecule has 0 aliphatic heterocycles. The first-order valence-electron chi connectivity index (χ1n) is 5.07. The molecule has 0 atom stereocenters. The van der Waals surface area contributed by atoms with Crippen LogP contribution < -0.4 is 9.47 Å². The molecule has 0 spiro atoms. The Morgan fingerprint density at radius 3 is 2.47 bits per heavy atom. The molecule has 4 heteroatoms. The highest BCUT2D eigenvalue weighted by atomic mass is 16.5. The number of hydrogen-bond acceptors (Lipinski definition) is 4. The Morgan fingerprint density at radius 2 is 1.88 bits per heavy atom. The van der Waals surface area contributed by atoms with E-state index in [1.54, 1.807) is 36.4 Å². The normalized spacial score (nSPS) is 9.71. The first-order valence-corrected chi connectivity index (χ1v) is 5.07. The van der Waals surface area contributed by atoms with Crippen molar-refractivity contribution in [1.29, 1.82) is 0 Å². The summed E-state index contributed by atoms with van der Waals surface area (Å²) < 4.78 is 10.1. The third kappa shape index (κ3) is 2.81. The molecular formula is C13H11NO3. The highest BCUT2D eigenvalue weighted by Gasteiger charge is 2.08. The molecule has 1 aromatic heterocycles. The Morgan fingerprint density at radius 1 is 1.12 bits per heavy atom. The van der Waals surface area contributed by atoms with E-state index in [0.717, 1.165) is 0 Å². The van der Waals surface area contributed by atoms with Gasteiger partial charge in [0.05, 0.1) is 12.7 Å². The number of esters is 1. The van der Waals surface area contributed by atoms with Crippen molar-refractivity contribution < 1.29 is 14.3 Å². The van der Waals surface area contributed by atoms with Gasteiger partial charge in [-0.05, 0) is 18.2 Å². The second-order valence-corrected chi connectivity index (χ2v) is 3.29. The van der Waals surface area contributed by atoms with Crippen molar-refractivity contribution in [3.8, 4) is 11.6 Å². The molecule has 0 fully saturated rings. The van der Waals surface area contributed by atoms with Crippen LogP contribution in [0, 0.1) is 0 Å². The van der Waals surface area contributed by atoms with E-state index >= 15 is 0 Å². The van der Waals surface area contributed by atoms with E-state index in [1.165, 1.54) is 13.3 Å². The van der Waals surface area contributed by atoms with Crippen molar-refractivity contribution in [3.05, 3.63) is 54.2 Å². The number of hydrogen-bond donors (Lipinski definition) is 0. The average Bonchev–Trinajstić information content (AvgIpc) is 2.40. The lowest BCUT2D eigenvalue weighted by Gasteiger charge is -2.04. The molecule has 0 saturated heterocycles. The van der Waals surface area contributed by atoms with Gasteiger partial charge in [-0.15, -0.1) is 0 Å². The molecule has 1 heterocycles. The summed E-state index contributed by atoms with van der Waals surface area (Å²) in [6.07, 6.45) is 1.42. The van der Waals surface area contributed by atoms with Gasteiger partial charge in [0.1, 0.15) is 5.75 Å². The fraction of sp³-hybridized carbons (Fsp3) is 0.0769. The molecule has 2 aromatic rings. The molecule has 2 rings (SSSR count). The molecule has 0 aliphatic carbocycles. The van der Waals surface area contributed by atoms with E-state index in [2.05, 4.69) is 4.98 Å². The first kappa shape index (κ1) is 11.1. The van der Waals surface area contributed by atoms with Gasteiger partial charge in [0.2, 0.25) is 5.88 Å². The van der Waals surface area contributed by atoms with Gasteiger partial charge in [-0.3, -0.25) is 0 Å². The SMILES string of the molecule is COc1ccc(C(=O)Oc2ccccc2)cn1. The van der Waals surface area contributed by atoms with Crippen molar-refractivity contribution in [3.63, 3.8) is 0 Å². The van der Waals surface area contributed by atoms with Crippen LogP contribution in [0.15, 0.2) is 48.7 Å². The van der Waals surface area contributed by atoms with Gasteiger partial charge in [-0.1, -0.05) is 18.2 Å². The van der Waals surface area contributed by atoms with Gasteiger partial charge in [-0.25, -0.2) is 9.78 Å². The van der Waals surface area contributed by atoms with Gasteiger partial charge >= 0.3 is 5.97 Å². The van der Waals surface area contributed by atoms with Crippen LogP contribution in [0.1, 0.15) is 10.4 Å². The number of methoxy groups -OCH3 is 1. The largest absolute Gasteiger partial charge is 0.481 e. The minimum atomic E-state index is -0.439. The lowest BCUT2D eigenvalue weighted by molar-refractivity contribution is 0.0734. The lowest BCUT2D eigenvalue weighted by atomic mass is 10.3. The molecule has 0 amide bonds. The summed E-state index contributed by atoms with van der Waals surface area (Å²) in [7, 11) is 1.52. The summed E-state index contributed by atoms with van der Waals surface area (Å²) in [5.41, 5.74) is 0.384. The maximum atomic E-state index is 11.7. The van der Waals surface area contributed by atoms with Crippen molar-refractivity contribution in [2.24, 2.45) is 0 Å². The molecule has 86 valence electrons. The third-order valence-electron chi connectivity index (χ3n) is 2.13. The van der Waals surface area contributed by atoms with Crippen LogP contribution in [0.2, 0.25) is 0 Å². The highest BCUT2D eigenvalue weighted by Crippen LogP contribution is 2.12. The number of aromatic nitrogens is 1. The number of ether oxygens (including phenoxy) is 2. The van der Waals surface area contributed by atoms with Crippen LogP contribution in [0.3, 0.4) is 0 Å². The topological polar surface area (TPSA) is 48.4 Å². The standard InChI is InChI=1S/C13H11NO3/c1-16-12-8-7-10(9-14-12)13(15)17-11-5-3-2-4-6-11/h2-9H,1H3. The van der Waals surface area contributed by atoms with Gasteiger partial charge in [0, 0.05) is 12.3 Å². The zero-order valence-corrected chi connectivity index (χ0v) is 9.29. The van der Waals surface area contributed by atoms with Gasteiger partial charge < -0.3 is 9.47 Å². The summed E-state index contributed by atoms with van der Waals surface area (Å²) in [5, 5.41) is 0. The number of carbonyl (C=O) groups is 1. The number of carbonyl (C=O) groups excluding carboxylic acids is 1. The molecule has 0 bridgehead atoms. The quantitative estimate of drug-likeness (QED) is 0.598. The Kier molecular flexibility index (Phi) is 3.35. The Hall–Kier alpha value is -2.36. The lowest BCUT2D eigenvalue weighted by Crippen LogP contribution is -2.08.